The molecule has 0 unspecified atom stereocenters. The third kappa shape index (κ3) is 18.4. The van der Waals surface area contributed by atoms with Crippen molar-refractivity contribution >= 4 is 6.47 Å². The normalized spacial score (nSPS) is 10.4. The Morgan fingerprint density at radius 2 is 1.77 bits per heavy atom. The van der Waals surface area contributed by atoms with Gasteiger partial charge in [-0.15, -0.1) is 0 Å². The average molecular weight is 192 g/mol. The summed E-state index contributed by atoms with van der Waals surface area (Å²) in [6.45, 7) is 6.44. The molecule has 0 radical (unpaired) electrons. The number of nitrogens with two attached hydrogens (primary N) is 2. The van der Waals surface area contributed by atoms with Crippen LogP contribution in [0.3, 0.4) is 0 Å². The molecular weight excluding hydrogens is 172 g/mol. The maximum absolute atomic E-state index is 9.60. The summed E-state index contributed by atoms with van der Waals surface area (Å²) in [5, 5.41) is 8.42. The van der Waals surface area contributed by atoms with Crippen molar-refractivity contribution in [3.8, 4) is 0 Å². The molecule has 0 aromatic carbocycles. The fourth-order valence-corrected chi connectivity index (χ4v) is 0.241. The molecular formula is C8H20N2O3. The van der Waals surface area contributed by atoms with E-state index in [4.69, 9.17) is 16.6 Å². The minimum absolute atomic E-state index is 0.260. The molecule has 0 aromatic heterocycles. The predicted octanol–water partition coefficient (Wildman–Crippen LogP) is -0.777. The number of rotatable bonds is 3. The van der Waals surface area contributed by atoms with Crippen LogP contribution in [0.25, 0.3) is 0 Å². The van der Waals surface area contributed by atoms with Gasteiger partial charge in [-0.3, -0.25) is 4.79 Å². The molecule has 80 valence electrons. The van der Waals surface area contributed by atoms with E-state index in [1.807, 2.05) is 20.8 Å². The number of ether oxygens (including phenoxy) is 1. The summed E-state index contributed by atoms with van der Waals surface area (Å²) >= 11 is 0. The van der Waals surface area contributed by atoms with Gasteiger partial charge in [-0.05, 0) is 20.8 Å². The smallest absolute Gasteiger partial charge is 0.293 e. The summed E-state index contributed by atoms with van der Waals surface area (Å²) in [6.07, 6.45) is -0.509. The van der Waals surface area contributed by atoms with Crippen LogP contribution in [-0.4, -0.2) is 36.4 Å². The first-order valence-corrected chi connectivity index (χ1v) is 4.07. The van der Waals surface area contributed by atoms with E-state index in [2.05, 4.69) is 4.74 Å². The molecule has 13 heavy (non-hydrogen) atoms. The van der Waals surface area contributed by atoms with E-state index < -0.39 is 6.10 Å². The van der Waals surface area contributed by atoms with Crippen LogP contribution >= 0.6 is 0 Å². The van der Waals surface area contributed by atoms with Gasteiger partial charge in [-0.1, -0.05) is 0 Å². The van der Waals surface area contributed by atoms with E-state index in [1.165, 1.54) is 0 Å². The summed E-state index contributed by atoms with van der Waals surface area (Å²) in [4.78, 5) is 9.60. The molecule has 0 fully saturated rings. The predicted molar refractivity (Wildman–Crippen MR) is 51.0 cm³/mol. The van der Waals surface area contributed by atoms with Crippen molar-refractivity contribution in [3.05, 3.63) is 0 Å². The number of aliphatic hydroxyl groups is 1. The molecule has 0 aliphatic heterocycles. The second kappa shape index (κ2) is 7.97. The lowest BCUT2D eigenvalue weighted by Gasteiger charge is -2.14. The van der Waals surface area contributed by atoms with Gasteiger partial charge in [-0.2, -0.15) is 0 Å². The van der Waals surface area contributed by atoms with E-state index in [0.29, 0.717) is 6.47 Å². The molecule has 0 aliphatic rings. The van der Waals surface area contributed by atoms with E-state index in [-0.39, 0.29) is 18.7 Å². The van der Waals surface area contributed by atoms with Crippen molar-refractivity contribution in [1.29, 1.82) is 0 Å². The Bertz CT molecular complexity index is 119. The molecule has 0 saturated carbocycles. The van der Waals surface area contributed by atoms with Gasteiger partial charge in [-0.25, -0.2) is 0 Å². The highest BCUT2D eigenvalue weighted by Crippen LogP contribution is 2.02. The monoisotopic (exact) mass is 192 g/mol. The van der Waals surface area contributed by atoms with Gasteiger partial charge in [0.05, 0.1) is 6.10 Å². The Morgan fingerprint density at radius 3 is 1.77 bits per heavy atom. The fourth-order valence-electron chi connectivity index (χ4n) is 0.241. The van der Waals surface area contributed by atoms with Gasteiger partial charge in [0.2, 0.25) is 0 Å². The number of aliphatic hydroxyl groups excluding tert-OH is 1. The molecule has 0 bridgehead atoms. The van der Waals surface area contributed by atoms with Crippen LogP contribution in [0.1, 0.15) is 20.8 Å². The number of carbonyl (C=O) groups is 1. The second-order valence-electron chi connectivity index (χ2n) is 3.45. The largest absolute Gasteiger partial charge is 0.462 e. The van der Waals surface area contributed by atoms with Gasteiger partial charge in [0.1, 0.15) is 5.60 Å². The maximum atomic E-state index is 9.60. The first-order chi connectivity index (χ1) is 5.87. The standard InChI is InChI=1S/C5H10O2.C3H10N2O/c1-5(2,3)7-4-6;4-1-3(6)2-5/h4H,1-3H3;3,6H,1-2,4-5H2. The summed E-state index contributed by atoms with van der Waals surface area (Å²) < 4.78 is 4.55. The fraction of sp³-hybridized carbons (Fsp3) is 0.875. The first kappa shape index (κ1) is 14.9. The van der Waals surface area contributed by atoms with Crippen LogP contribution in [0.5, 0.6) is 0 Å². The minimum Gasteiger partial charge on any atom is -0.462 e. The molecule has 5 heteroatoms. The van der Waals surface area contributed by atoms with E-state index in [0.717, 1.165) is 0 Å². The topological polar surface area (TPSA) is 98.6 Å². The van der Waals surface area contributed by atoms with Crippen LogP contribution in [0, 0.1) is 0 Å². The molecule has 0 amide bonds. The third-order valence-electron chi connectivity index (χ3n) is 0.946. The molecule has 5 N–H and O–H groups in total. The van der Waals surface area contributed by atoms with Gasteiger partial charge < -0.3 is 21.3 Å². The van der Waals surface area contributed by atoms with Crippen molar-refractivity contribution in [2.45, 2.75) is 32.5 Å². The summed E-state index contributed by atoms with van der Waals surface area (Å²) in [7, 11) is 0. The van der Waals surface area contributed by atoms with Crippen LogP contribution in [-0.2, 0) is 9.53 Å². The van der Waals surface area contributed by atoms with Crippen LogP contribution in [0.2, 0.25) is 0 Å². The van der Waals surface area contributed by atoms with Crippen molar-refractivity contribution < 1.29 is 14.6 Å². The zero-order valence-electron chi connectivity index (χ0n) is 8.49. The number of hydrogen-bond acceptors (Lipinski definition) is 5. The Morgan fingerprint density at radius 1 is 1.38 bits per heavy atom. The molecule has 0 spiro atoms. The molecule has 0 saturated heterocycles. The Labute approximate surface area is 79.0 Å². The Hall–Kier alpha value is -0.650. The number of carbonyl (C=O) groups excluding carboxylic acids is 1. The zero-order chi connectivity index (χ0) is 10.9. The maximum Gasteiger partial charge on any atom is 0.293 e. The van der Waals surface area contributed by atoms with E-state index in [9.17, 15) is 4.79 Å². The average Bonchev–Trinajstić information content (AvgIpc) is 2.02. The molecule has 0 atom stereocenters. The van der Waals surface area contributed by atoms with Gasteiger partial charge in [0.25, 0.3) is 6.47 Å². The van der Waals surface area contributed by atoms with Crippen LogP contribution < -0.4 is 11.5 Å². The quantitative estimate of drug-likeness (QED) is 0.510. The van der Waals surface area contributed by atoms with Crippen molar-refractivity contribution in [2.75, 3.05) is 13.1 Å². The lowest BCUT2D eigenvalue weighted by atomic mass is 10.2. The summed E-state index contributed by atoms with van der Waals surface area (Å²) in [5.74, 6) is 0. The summed E-state index contributed by atoms with van der Waals surface area (Å²) in [5.41, 5.74) is 9.59. The highest BCUT2D eigenvalue weighted by atomic mass is 16.5. The number of hydrogen-bond donors (Lipinski definition) is 3. The first-order valence-electron chi connectivity index (χ1n) is 4.07. The Balaban J connectivity index is 0. The third-order valence-corrected chi connectivity index (χ3v) is 0.946. The molecule has 0 heterocycles. The van der Waals surface area contributed by atoms with Crippen LogP contribution in [0.15, 0.2) is 0 Å². The van der Waals surface area contributed by atoms with Crippen molar-refractivity contribution in [2.24, 2.45) is 11.5 Å². The second-order valence-corrected chi connectivity index (χ2v) is 3.45. The molecule has 0 aliphatic carbocycles. The lowest BCUT2D eigenvalue weighted by Crippen LogP contribution is -2.27. The van der Waals surface area contributed by atoms with Crippen molar-refractivity contribution in [1.82, 2.24) is 0 Å². The molecule has 0 rings (SSSR count). The van der Waals surface area contributed by atoms with Gasteiger partial charge >= 0.3 is 0 Å². The van der Waals surface area contributed by atoms with E-state index >= 15 is 0 Å². The molecule has 0 aromatic rings. The highest BCUT2D eigenvalue weighted by Gasteiger charge is 2.07. The minimum atomic E-state index is -0.509. The van der Waals surface area contributed by atoms with Crippen molar-refractivity contribution in [3.63, 3.8) is 0 Å². The molecule has 5 nitrogen and oxygen atoms in total. The van der Waals surface area contributed by atoms with Gasteiger partial charge in [0, 0.05) is 13.1 Å². The van der Waals surface area contributed by atoms with Gasteiger partial charge in [0.15, 0.2) is 0 Å². The highest BCUT2D eigenvalue weighted by molar-refractivity contribution is 5.37. The van der Waals surface area contributed by atoms with Crippen LogP contribution in [0.4, 0.5) is 0 Å². The zero-order valence-corrected chi connectivity index (χ0v) is 8.49. The Kier molecular flexibility index (Phi) is 9.11. The lowest BCUT2D eigenvalue weighted by molar-refractivity contribution is -0.138. The SMILES string of the molecule is CC(C)(C)OC=O.NCC(O)CN. The summed E-state index contributed by atoms with van der Waals surface area (Å²) in [6, 6.07) is 0. The van der Waals surface area contributed by atoms with E-state index in [1.54, 1.807) is 0 Å².